The number of fused-ring (bicyclic) bond motifs is 1. The van der Waals surface area contributed by atoms with Gasteiger partial charge in [0.05, 0.1) is 4.76 Å². The Morgan fingerprint density at radius 2 is 2.15 bits per heavy atom. The Morgan fingerprint density at radius 3 is 2.85 bits per heavy atom. The molecule has 0 saturated carbocycles. The van der Waals surface area contributed by atoms with Crippen molar-refractivity contribution >= 4 is 34.6 Å². The summed E-state index contributed by atoms with van der Waals surface area (Å²) >= 11 is 11.4. The molecular weight excluding hydrogens is 215 g/mol. The molecule has 0 saturated heterocycles. The molecule has 0 atom stereocenters. The Morgan fingerprint density at radius 1 is 1.46 bits per heavy atom. The maximum absolute atomic E-state index is 11.2. The van der Waals surface area contributed by atoms with Gasteiger partial charge in [-0.05, 0) is 12.1 Å². The van der Waals surface area contributed by atoms with Gasteiger partial charge in [-0.25, -0.2) is 0 Å². The Labute approximate surface area is 83.8 Å². The largest absolute Gasteiger partial charge is 0.754 e. The number of benzene rings is 1. The predicted molar refractivity (Wildman–Crippen MR) is 50.5 cm³/mol. The molecule has 0 radical (unpaired) electrons. The summed E-state index contributed by atoms with van der Waals surface area (Å²) in [6.45, 7) is -0.255. The van der Waals surface area contributed by atoms with Gasteiger partial charge < -0.3 is 10.3 Å². The minimum absolute atomic E-state index is 0.195. The van der Waals surface area contributed by atoms with Crippen LogP contribution in [-0.2, 0) is 0 Å². The van der Waals surface area contributed by atoms with Gasteiger partial charge in [0.15, 0.2) is 0 Å². The smallest absolute Gasteiger partial charge is 0.299 e. The average Bonchev–Trinajstić information content (AvgIpc) is 2.27. The molecule has 1 aliphatic heterocycles. The topological polar surface area (TPSA) is 46.4 Å². The van der Waals surface area contributed by atoms with Gasteiger partial charge in [-0.1, -0.05) is 23.2 Å². The zero-order valence-electron chi connectivity index (χ0n) is 6.33. The maximum atomic E-state index is 11.2. The van der Waals surface area contributed by atoms with Crippen molar-refractivity contribution in [3.8, 4) is 0 Å². The molecule has 68 valence electrons. The van der Waals surface area contributed by atoms with E-state index in [0.717, 1.165) is 0 Å². The summed E-state index contributed by atoms with van der Waals surface area (Å²) in [5.74, 6) is 0. The van der Waals surface area contributed by atoms with Crippen LogP contribution in [0.2, 0.25) is 10.0 Å². The third-order valence-electron chi connectivity index (χ3n) is 1.78. The summed E-state index contributed by atoms with van der Waals surface area (Å²) < 4.78 is 0.543. The van der Waals surface area contributed by atoms with E-state index in [9.17, 15) is 10.1 Å². The van der Waals surface area contributed by atoms with E-state index in [2.05, 4.69) is 0 Å². The number of hydroxylamine groups is 1. The molecule has 0 unspecified atom stereocenters. The van der Waals surface area contributed by atoms with E-state index in [1.54, 1.807) is 0 Å². The molecular formula is C7H4Cl2N2O2. The monoisotopic (exact) mass is 218 g/mol. The zero-order chi connectivity index (χ0) is 9.59. The third-order valence-corrected chi connectivity index (χ3v) is 2.29. The van der Waals surface area contributed by atoms with Crippen LogP contribution in [0.5, 0.6) is 0 Å². The molecule has 6 heteroatoms. The number of hydrogen-bond acceptors (Lipinski definition) is 3. The van der Waals surface area contributed by atoms with Gasteiger partial charge in [0.1, 0.15) is 10.7 Å². The lowest BCUT2D eigenvalue weighted by molar-refractivity contribution is -0.450. The van der Waals surface area contributed by atoms with Crippen LogP contribution in [0.15, 0.2) is 12.1 Å². The van der Waals surface area contributed by atoms with Gasteiger partial charge >= 0.3 is 0 Å². The zero-order valence-corrected chi connectivity index (χ0v) is 7.84. The molecule has 0 amide bonds. The van der Waals surface area contributed by atoms with Crippen LogP contribution >= 0.6 is 23.2 Å². The van der Waals surface area contributed by atoms with Crippen molar-refractivity contribution in [1.29, 1.82) is 0 Å². The van der Waals surface area contributed by atoms with Crippen molar-refractivity contribution in [2.75, 3.05) is 11.7 Å². The van der Waals surface area contributed by atoms with Crippen LogP contribution in [-0.4, -0.2) is 11.4 Å². The summed E-state index contributed by atoms with van der Waals surface area (Å²) in [5.41, 5.74) is 0.425. The van der Waals surface area contributed by atoms with Crippen LogP contribution < -0.4 is 5.06 Å². The van der Waals surface area contributed by atoms with E-state index in [0.29, 0.717) is 14.8 Å². The first-order valence-electron chi connectivity index (χ1n) is 3.48. The highest BCUT2D eigenvalue weighted by Crippen LogP contribution is 2.41. The number of anilines is 1. The number of rotatable bonds is 0. The number of nitrogens with zero attached hydrogens (tertiary/aromatic N) is 2. The number of halogens is 2. The molecule has 1 heterocycles. The average molecular weight is 219 g/mol. The van der Waals surface area contributed by atoms with Gasteiger partial charge in [0, 0.05) is 9.93 Å². The molecule has 0 N–H and O–H groups in total. The third kappa shape index (κ3) is 1.27. The van der Waals surface area contributed by atoms with Crippen molar-refractivity contribution in [3.05, 3.63) is 32.3 Å². The van der Waals surface area contributed by atoms with Crippen molar-refractivity contribution < 1.29 is 4.76 Å². The SMILES string of the molecule is O=[N+]1CN([O-])c2cc(Cl)cc(Cl)c21. The maximum Gasteiger partial charge on any atom is 0.299 e. The van der Waals surface area contributed by atoms with Crippen molar-refractivity contribution in [2.24, 2.45) is 0 Å². The van der Waals surface area contributed by atoms with Crippen molar-refractivity contribution in [2.45, 2.75) is 0 Å². The standard InChI is InChI=1S/C7H4Cl2N2O2/c8-4-1-5(9)7-6(2-4)10(12)3-11(7)13/h1-2H,3H2. The molecule has 1 aromatic rings. The first-order valence-corrected chi connectivity index (χ1v) is 4.23. The molecule has 0 spiro atoms. The predicted octanol–water partition coefficient (Wildman–Crippen LogP) is 2.68. The summed E-state index contributed by atoms with van der Waals surface area (Å²) in [6.07, 6.45) is 0. The summed E-state index contributed by atoms with van der Waals surface area (Å²) in [7, 11) is 0. The highest BCUT2D eigenvalue weighted by atomic mass is 35.5. The molecule has 4 nitrogen and oxygen atoms in total. The van der Waals surface area contributed by atoms with Crippen LogP contribution in [0.25, 0.3) is 0 Å². The first kappa shape index (κ1) is 8.74. The first-order chi connectivity index (χ1) is 6.09. The van der Waals surface area contributed by atoms with Gasteiger partial charge in [-0.15, -0.1) is 0 Å². The molecule has 0 fully saturated rings. The Kier molecular flexibility index (Phi) is 1.91. The van der Waals surface area contributed by atoms with E-state index in [4.69, 9.17) is 23.2 Å². The molecule has 1 aromatic carbocycles. The number of hydrogen-bond donors (Lipinski definition) is 0. The van der Waals surface area contributed by atoms with E-state index < -0.39 is 0 Å². The van der Waals surface area contributed by atoms with E-state index >= 15 is 0 Å². The van der Waals surface area contributed by atoms with Crippen molar-refractivity contribution in [1.82, 2.24) is 0 Å². The van der Waals surface area contributed by atoms with Crippen LogP contribution in [0, 0.1) is 10.1 Å². The molecule has 13 heavy (non-hydrogen) atoms. The normalized spacial score (nSPS) is 15.0. The molecule has 0 aliphatic carbocycles. The summed E-state index contributed by atoms with van der Waals surface area (Å²) in [4.78, 5) is 11.2. The lowest BCUT2D eigenvalue weighted by atomic mass is 10.3. The fourth-order valence-electron chi connectivity index (χ4n) is 1.25. The van der Waals surface area contributed by atoms with Gasteiger partial charge in [-0.2, -0.15) is 0 Å². The highest BCUT2D eigenvalue weighted by Gasteiger charge is 2.32. The fraction of sp³-hybridized carbons (Fsp3) is 0.143. The highest BCUT2D eigenvalue weighted by molar-refractivity contribution is 6.36. The molecule has 0 bridgehead atoms. The molecule has 1 aliphatic rings. The Hall–Kier alpha value is -0.840. The second-order valence-electron chi connectivity index (χ2n) is 2.65. The Bertz CT molecular complexity index is 394. The summed E-state index contributed by atoms with van der Waals surface area (Å²) in [6, 6.07) is 2.86. The minimum Gasteiger partial charge on any atom is -0.754 e. The molecule has 2 rings (SSSR count). The lowest BCUT2D eigenvalue weighted by Crippen LogP contribution is -2.14. The van der Waals surface area contributed by atoms with Crippen LogP contribution in [0.3, 0.4) is 0 Å². The Balaban J connectivity index is 2.69. The van der Waals surface area contributed by atoms with E-state index in [1.165, 1.54) is 12.1 Å². The number of nitroso groups, excluding NO2 is 1. The van der Waals surface area contributed by atoms with Crippen LogP contribution in [0.1, 0.15) is 0 Å². The van der Waals surface area contributed by atoms with Gasteiger partial charge in [0.2, 0.25) is 0 Å². The van der Waals surface area contributed by atoms with Crippen molar-refractivity contribution in [3.63, 3.8) is 0 Å². The molecule has 0 aromatic heterocycles. The van der Waals surface area contributed by atoms with E-state index in [1.807, 2.05) is 0 Å². The van der Waals surface area contributed by atoms with Crippen LogP contribution in [0.4, 0.5) is 11.4 Å². The minimum atomic E-state index is -0.255. The summed E-state index contributed by atoms with van der Waals surface area (Å²) in [5, 5.41) is 12.2. The fourth-order valence-corrected chi connectivity index (χ4v) is 1.83. The van der Waals surface area contributed by atoms with E-state index in [-0.39, 0.29) is 23.1 Å². The lowest BCUT2D eigenvalue weighted by Gasteiger charge is -2.17. The van der Waals surface area contributed by atoms with Gasteiger partial charge in [-0.3, -0.25) is 0 Å². The van der Waals surface area contributed by atoms with Gasteiger partial charge in [0.25, 0.3) is 12.4 Å². The quantitative estimate of drug-likeness (QED) is 0.630. The second kappa shape index (κ2) is 2.83. The second-order valence-corrected chi connectivity index (χ2v) is 3.50.